The number of amides is 1. The summed E-state index contributed by atoms with van der Waals surface area (Å²) < 4.78 is 6.70. The number of fused-ring (bicyclic) bond motifs is 1. The van der Waals surface area contributed by atoms with E-state index in [-0.39, 0.29) is 17.1 Å². The van der Waals surface area contributed by atoms with E-state index >= 15 is 0 Å². The Balaban J connectivity index is 1.76. The molecular weight excluding hydrogens is 246 g/mol. The zero-order chi connectivity index (χ0) is 13.5. The SMILES string of the molecule is Cc1ccnc2nc(C(=O)NCC3(C)COC3)nn12. The second-order valence-corrected chi connectivity index (χ2v) is 5.22. The van der Waals surface area contributed by atoms with E-state index in [0.717, 1.165) is 5.69 Å². The fraction of sp³-hybridized carbons (Fsp3) is 0.500. The number of aryl methyl sites for hydroxylation is 1. The number of ether oxygens (including phenoxy) is 1. The van der Waals surface area contributed by atoms with Crippen LogP contribution in [-0.4, -0.2) is 45.2 Å². The van der Waals surface area contributed by atoms with Crippen LogP contribution >= 0.6 is 0 Å². The maximum absolute atomic E-state index is 12.0. The summed E-state index contributed by atoms with van der Waals surface area (Å²) in [4.78, 5) is 20.2. The van der Waals surface area contributed by atoms with E-state index in [1.54, 1.807) is 10.7 Å². The van der Waals surface area contributed by atoms with Crippen LogP contribution in [0.3, 0.4) is 0 Å². The molecule has 0 atom stereocenters. The summed E-state index contributed by atoms with van der Waals surface area (Å²) in [6.45, 7) is 5.87. The molecule has 7 nitrogen and oxygen atoms in total. The number of hydrogen-bond donors (Lipinski definition) is 1. The molecule has 0 spiro atoms. The molecule has 2 aromatic rings. The first-order valence-corrected chi connectivity index (χ1v) is 6.12. The fourth-order valence-electron chi connectivity index (χ4n) is 1.93. The van der Waals surface area contributed by atoms with Crippen LogP contribution in [-0.2, 0) is 4.74 Å². The monoisotopic (exact) mass is 261 g/mol. The molecule has 2 aromatic heterocycles. The Morgan fingerprint density at radius 1 is 1.58 bits per heavy atom. The first-order valence-electron chi connectivity index (χ1n) is 6.12. The van der Waals surface area contributed by atoms with Crippen molar-refractivity contribution in [1.82, 2.24) is 24.9 Å². The average molecular weight is 261 g/mol. The second-order valence-electron chi connectivity index (χ2n) is 5.22. The number of hydrogen-bond acceptors (Lipinski definition) is 5. The minimum atomic E-state index is -0.280. The van der Waals surface area contributed by atoms with Gasteiger partial charge in [0.05, 0.1) is 13.2 Å². The Morgan fingerprint density at radius 3 is 3.00 bits per heavy atom. The van der Waals surface area contributed by atoms with E-state index in [9.17, 15) is 4.79 Å². The summed E-state index contributed by atoms with van der Waals surface area (Å²) in [6.07, 6.45) is 1.65. The standard InChI is InChI=1S/C12H15N5O2/c1-8-3-4-13-11-15-9(16-17(8)11)10(18)14-5-12(2)6-19-7-12/h3-4H,5-7H2,1-2H3,(H,14,18). The van der Waals surface area contributed by atoms with Gasteiger partial charge in [-0.2, -0.15) is 4.98 Å². The molecule has 100 valence electrons. The third kappa shape index (κ3) is 2.17. The van der Waals surface area contributed by atoms with Crippen molar-refractivity contribution in [3.05, 3.63) is 23.8 Å². The van der Waals surface area contributed by atoms with Crippen molar-refractivity contribution in [1.29, 1.82) is 0 Å². The van der Waals surface area contributed by atoms with Crippen molar-refractivity contribution in [3.63, 3.8) is 0 Å². The van der Waals surface area contributed by atoms with E-state index in [0.29, 0.717) is 25.5 Å². The lowest BCUT2D eigenvalue weighted by Crippen LogP contribution is -2.48. The predicted molar refractivity (Wildman–Crippen MR) is 66.8 cm³/mol. The van der Waals surface area contributed by atoms with Crippen LogP contribution in [0.4, 0.5) is 0 Å². The summed E-state index contributed by atoms with van der Waals surface area (Å²) in [5.41, 5.74) is 0.916. The van der Waals surface area contributed by atoms with Gasteiger partial charge >= 0.3 is 0 Å². The molecule has 1 aliphatic heterocycles. The highest BCUT2D eigenvalue weighted by Crippen LogP contribution is 2.25. The molecule has 19 heavy (non-hydrogen) atoms. The Bertz CT molecular complexity index is 632. The van der Waals surface area contributed by atoms with Gasteiger partial charge in [-0.15, -0.1) is 5.10 Å². The van der Waals surface area contributed by atoms with Crippen LogP contribution in [0.15, 0.2) is 12.3 Å². The van der Waals surface area contributed by atoms with Crippen molar-refractivity contribution in [2.45, 2.75) is 13.8 Å². The molecule has 0 saturated carbocycles. The predicted octanol–water partition coefficient (Wildman–Crippen LogP) is 0.199. The molecule has 0 aliphatic carbocycles. The number of carbonyl (C=O) groups excluding carboxylic acids is 1. The lowest BCUT2D eigenvalue weighted by molar-refractivity contribution is -0.0978. The van der Waals surface area contributed by atoms with Crippen LogP contribution in [0, 0.1) is 12.3 Å². The number of carbonyl (C=O) groups is 1. The minimum Gasteiger partial charge on any atom is -0.380 e. The molecule has 3 rings (SSSR count). The fourth-order valence-corrected chi connectivity index (χ4v) is 1.93. The van der Waals surface area contributed by atoms with E-state index in [1.807, 2.05) is 13.0 Å². The van der Waals surface area contributed by atoms with Crippen molar-refractivity contribution >= 4 is 11.7 Å². The largest absolute Gasteiger partial charge is 0.380 e. The van der Waals surface area contributed by atoms with Crippen molar-refractivity contribution in [3.8, 4) is 0 Å². The van der Waals surface area contributed by atoms with Crippen LogP contribution in [0.2, 0.25) is 0 Å². The molecule has 7 heteroatoms. The lowest BCUT2D eigenvalue weighted by Gasteiger charge is -2.37. The van der Waals surface area contributed by atoms with Gasteiger partial charge < -0.3 is 10.1 Å². The van der Waals surface area contributed by atoms with E-state index in [4.69, 9.17) is 4.74 Å². The normalized spacial score (nSPS) is 17.2. The zero-order valence-electron chi connectivity index (χ0n) is 10.9. The number of nitrogens with zero attached hydrogens (tertiary/aromatic N) is 4. The maximum atomic E-state index is 12.0. The molecule has 1 N–H and O–H groups in total. The molecule has 0 unspecified atom stereocenters. The van der Waals surface area contributed by atoms with Crippen LogP contribution in [0.5, 0.6) is 0 Å². The molecule has 1 saturated heterocycles. The van der Waals surface area contributed by atoms with Gasteiger partial charge in [-0.05, 0) is 13.0 Å². The minimum absolute atomic E-state index is 0.0307. The summed E-state index contributed by atoms with van der Waals surface area (Å²) in [5, 5.41) is 6.99. The third-order valence-electron chi connectivity index (χ3n) is 3.21. The zero-order valence-corrected chi connectivity index (χ0v) is 10.9. The van der Waals surface area contributed by atoms with Gasteiger partial charge in [0.15, 0.2) is 0 Å². The first-order chi connectivity index (χ1) is 9.07. The highest BCUT2D eigenvalue weighted by atomic mass is 16.5. The second kappa shape index (κ2) is 4.27. The molecule has 0 radical (unpaired) electrons. The Labute approximate surface area is 110 Å². The van der Waals surface area contributed by atoms with Crippen LogP contribution in [0.25, 0.3) is 5.78 Å². The van der Waals surface area contributed by atoms with Crippen molar-refractivity contribution in [2.75, 3.05) is 19.8 Å². The highest BCUT2D eigenvalue weighted by Gasteiger charge is 2.34. The van der Waals surface area contributed by atoms with Crippen molar-refractivity contribution in [2.24, 2.45) is 5.41 Å². The molecule has 0 bridgehead atoms. The number of aromatic nitrogens is 4. The van der Waals surface area contributed by atoms with Gasteiger partial charge in [-0.1, -0.05) is 6.92 Å². The Kier molecular flexibility index (Phi) is 2.70. The molecule has 1 aliphatic rings. The number of rotatable bonds is 3. The molecular formula is C12H15N5O2. The van der Waals surface area contributed by atoms with Crippen LogP contribution < -0.4 is 5.32 Å². The van der Waals surface area contributed by atoms with Crippen LogP contribution in [0.1, 0.15) is 23.2 Å². The summed E-state index contributed by atoms with van der Waals surface area (Å²) in [6, 6.07) is 1.82. The smallest absolute Gasteiger partial charge is 0.291 e. The Hall–Kier alpha value is -2.02. The molecule has 0 aromatic carbocycles. The van der Waals surface area contributed by atoms with E-state index in [2.05, 4.69) is 27.3 Å². The lowest BCUT2D eigenvalue weighted by atomic mass is 9.89. The molecule has 1 fully saturated rings. The van der Waals surface area contributed by atoms with Crippen molar-refractivity contribution < 1.29 is 9.53 Å². The van der Waals surface area contributed by atoms with Gasteiger partial charge in [-0.3, -0.25) is 4.79 Å². The first kappa shape index (κ1) is 12.0. The van der Waals surface area contributed by atoms with E-state index in [1.165, 1.54) is 0 Å². The summed E-state index contributed by atoms with van der Waals surface area (Å²) in [7, 11) is 0. The van der Waals surface area contributed by atoms with Gasteiger partial charge in [0.25, 0.3) is 11.7 Å². The third-order valence-corrected chi connectivity index (χ3v) is 3.21. The van der Waals surface area contributed by atoms with Gasteiger partial charge in [-0.25, -0.2) is 9.50 Å². The number of nitrogens with one attached hydrogen (secondary N) is 1. The highest BCUT2D eigenvalue weighted by molar-refractivity contribution is 5.90. The summed E-state index contributed by atoms with van der Waals surface area (Å²) >= 11 is 0. The van der Waals surface area contributed by atoms with Gasteiger partial charge in [0.2, 0.25) is 5.82 Å². The molecule has 1 amide bonds. The Morgan fingerprint density at radius 2 is 2.37 bits per heavy atom. The van der Waals surface area contributed by atoms with Gasteiger partial charge in [0.1, 0.15) is 0 Å². The topological polar surface area (TPSA) is 81.4 Å². The maximum Gasteiger partial charge on any atom is 0.291 e. The average Bonchev–Trinajstić information content (AvgIpc) is 2.79. The van der Waals surface area contributed by atoms with E-state index < -0.39 is 0 Å². The quantitative estimate of drug-likeness (QED) is 0.853. The molecule has 3 heterocycles. The van der Waals surface area contributed by atoms with Gasteiger partial charge in [0, 0.05) is 23.9 Å². The summed E-state index contributed by atoms with van der Waals surface area (Å²) in [5.74, 6) is 0.298.